The number of carboxylic acid groups (broad SMARTS) is 1. The fourth-order valence-corrected chi connectivity index (χ4v) is 3.71. The third-order valence-electron chi connectivity index (χ3n) is 5.27. The summed E-state index contributed by atoms with van der Waals surface area (Å²) in [6, 6.07) is 0.865. The fourth-order valence-electron chi connectivity index (χ4n) is 3.71. The number of ether oxygens (including phenoxy) is 1. The molecule has 1 aliphatic carbocycles. The Morgan fingerprint density at radius 2 is 1.97 bits per heavy atom. The third-order valence-corrected chi connectivity index (χ3v) is 5.27. The molecule has 4 rings (SSSR count). The zero-order chi connectivity index (χ0) is 21.2. The van der Waals surface area contributed by atoms with Gasteiger partial charge in [-0.1, -0.05) is 0 Å². The molecule has 2 N–H and O–H groups in total. The van der Waals surface area contributed by atoms with Gasteiger partial charge in [0.15, 0.2) is 0 Å². The Balaban J connectivity index is 0.000000298. The van der Waals surface area contributed by atoms with Crippen LogP contribution in [-0.4, -0.2) is 68.7 Å². The average Bonchev–Trinajstić information content (AvgIpc) is 3.23. The van der Waals surface area contributed by atoms with E-state index in [1.54, 1.807) is 0 Å². The van der Waals surface area contributed by atoms with E-state index in [1.807, 2.05) is 17.9 Å². The van der Waals surface area contributed by atoms with Crippen LogP contribution in [0.4, 0.5) is 13.2 Å². The number of carbonyl (C=O) groups is 2. The number of carbonyl (C=O) groups excluding carboxylic acids is 1. The topological polar surface area (TPSA) is 96.7 Å². The summed E-state index contributed by atoms with van der Waals surface area (Å²) in [5, 5.41) is 14.4. The van der Waals surface area contributed by atoms with Crippen LogP contribution in [0.15, 0.2) is 12.4 Å². The van der Waals surface area contributed by atoms with Gasteiger partial charge >= 0.3 is 12.1 Å². The lowest BCUT2D eigenvalue weighted by molar-refractivity contribution is -0.192. The Morgan fingerprint density at radius 3 is 2.52 bits per heavy atom. The molecule has 0 bridgehead atoms. The van der Waals surface area contributed by atoms with Gasteiger partial charge in [0.25, 0.3) is 0 Å². The Kier molecular flexibility index (Phi) is 6.47. The fraction of sp³-hybridized carbons (Fsp3) is 0.722. The van der Waals surface area contributed by atoms with Gasteiger partial charge in [-0.25, -0.2) is 4.79 Å². The molecule has 1 saturated carbocycles. The van der Waals surface area contributed by atoms with E-state index < -0.39 is 12.1 Å². The van der Waals surface area contributed by atoms with E-state index in [1.165, 1.54) is 5.56 Å². The number of hydrogen-bond donors (Lipinski definition) is 2. The molecule has 0 spiro atoms. The van der Waals surface area contributed by atoms with Gasteiger partial charge in [-0.15, -0.1) is 0 Å². The number of amides is 1. The van der Waals surface area contributed by atoms with Crippen LogP contribution in [-0.2, 0) is 27.9 Å². The Hall–Kier alpha value is -2.14. The molecule has 162 valence electrons. The number of nitrogens with zero attached hydrogens (tertiary/aromatic N) is 3. The highest BCUT2D eigenvalue weighted by molar-refractivity contribution is 5.81. The predicted octanol–water partition coefficient (Wildman–Crippen LogP) is 1.45. The van der Waals surface area contributed by atoms with Gasteiger partial charge in [0.05, 0.1) is 12.3 Å². The van der Waals surface area contributed by atoms with Gasteiger partial charge in [-0.2, -0.15) is 18.3 Å². The lowest BCUT2D eigenvalue weighted by atomic mass is 9.98. The number of likely N-dealkylation sites (tertiary alicyclic amines) is 1. The summed E-state index contributed by atoms with van der Waals surface area (Å²) in [7, 11) is 1.95. The molecule has 3 aliphatic rings. The Labute approximate surface area is 166 Å². The molecule has 0 radical (unpaired) electrons. The van der Waals surface area contributed by atoms with E-state index in [0.29, 0.717) is 12.1 Å². The van der Waals surface area contributed by atoms with Gasteiger partial charge in [-0.3, -0.25) is 14.4 Å². The molecule has 1 aromatic heterocycles. The van der Waals surface area contributed by atoms with Crippen LogP contribution < -0.4 is 5.32 Å². The Bertz CT molecular complexity index is 735. The number of aryl methyl sites for hydroxylation is 1. The highest BCUT2D eigenvalue weighted by atomic mass is 19.4. The van der Waals surface area contributed by atoms with Crippen LogP contribution in [0.2, 0.25) is 0 Å². The van der Waals surface area contributed by atoms with Crippen molar-refractivity contribution in [2.45, 2.75) is 69.1 Å². The molecule has 11 heteroatoms. The molecule has 1 amide bonds. The quantitative estimate of drug-likeness (QED) is 0.769. The lowest BCUT2D eigenvalue weighted by Gasteiger charge is -2.35. The maximum atomic E-state index is 12.2. The van der Waals surface area contributed by atoms with Crippen molar-refractivity contribution in [3.05, 3.63) is 18.0 Å². The first-order valence-corrected chi connectivity index (χ1v) is 9.61. The largest absolute Gasteiger partial charge is 0.490 e. The highest BCUT2D eigenvalue weighted by Crippen LogP contribution is 2.33. The van der Waals surface area contributed by atoms with E-state index in [2.05, 4.69) is 21.5 Å². The zero-order valence-electron chi connectivity index (χ0n) is 16.1. The monoisotopic (exact) mass is 418 g/mol. The minimum atomic E-state index is -5.08. The summed E-state index contributed by atoms with van der Waals surface area (Å²) in [5.74, 6) is -2.65. The van der Waals surface area contributed by atoms with E-state index in [4.69, 9.17) is 14.6 Å². The Morgan fingerprint density at radius 1 is 1.28 bits per heavy atom. The summed E-state index contributed by atoms with van der Waals surface area (Å²) in [6.45, 7) is 1.97. The molecule has 8 nitrogen and oxygen atoms in total. The third kappa shape index (κ3) is 5.92. The average molecular weight is 418 g/mol. The second-order valence-electron chi connectivity index (χ2n) is 7.68. The standard InChI is InChI=1S/C16H24N4O2.C2HF3O2/c1-19-9-11(8-17-19)10-20-7-6-14-13(20)4-5-15(22-14)16(21)18-12-2-3-12;3-2(4,5)1(6)7/h8-9,12-15H,2-7,10H2,1H3,(H,18,21);(H,6,7)/t13-,14-,15-;/m1./s1. The van der Waals surface area contributed by atoms with Gasteiger partial charge < -0.3 is 15.2 Å². The van der Waals surface area contributed by atoms with Crippen molar-refractivity contribution < 1.29 is 32.6 Å². The molecule has 2 aliphatic heterocycles. The normalized spacial score (nSPS) is 27.0. The zero-order valence-corrected chi connectivity index (χ0v) is 16.1. The molecule has 3 fully saturated rings. The van der Waals surface area contributed by atoms with Crippen LogP contribution in [0.5, 0.6) is 0 Å². The number of aromatic nitrogens is 2. The second-order valence-corrected chi connectivity index (χ2v) is 7.68. The number of rotatable bonds is 4. The highest BCUT2D eigenvalue weighted by Gasteiger charge is 2.42. The van der Waals surface area contributed by atoms with Crippen molar-refractivity contribution in [1.82, 2.24) is 20.0 Å². The summed E-state index contributed by atoms with van der Waals surface area (Å²) < 4.78 is 39.7. The second kappa shape index (κ2) is 8.70. The van der Waals surface area contributed by atoms with Gasteiger partial charge in [0, 0.05) is 44.0 Å². The van der Waals surface area contributed by atoms with E-state index in [-0.39, 0.29) is 18.1 Å². The summed E-state index contributed by atoms with van der Waals surface area (Å²) in [4.78, 5) is 23.5. The molecule has 3 atom stereocenters. The van der Waals surface area contributed by atoms with Crippen LogP contribution in [0.3, 0.4) is 0 Å². The first-order chi connectivity index (χ1) is 13.6. The SMILES string of the molecule is Cn1cc(CN2CC[C@H]3O[C@@H](C(=O)NC4CC4)CC[C@H]32)cn1.O=C(O)C(F)(F)F. The number of aliphatic carboxylic acids is 1. The van der Waals surface area contributed by atoms with Crippen molar-refractivity contribution in [1.29, 1.82) is 0 Å². The van der Waals surface area contributed by atoms with Crippen molar-refractivity contribution in [2.75, 3.05) is 6.54 Å². The number of halogens is 3. The number of fused-ring (bicyclic) bond motifs is 1. The molecule has 3 heterocycles. The summed E-state index contributed by atoms with van der Waals surface area (Å²) >= 11 is 0. The molecular formula is C18H25F3N4O4. The lowest BCUT2D eigenvalue weighted by Crippen LogP contribution is -2.48. The van der Waals surface area contributed by atoms with Gasteiger partial charge in [0.2, 0.25) is 5.91 Å². The number of nitrogens with one attached hydrogen (secondary N) is 1. The first kappa shape index (κ1) is 21.6. The van der Waals surface area contributed by atoms with E-state index in [0.717, 1.165) is 45.2 Å². The van der Waals surface area contributed by atoms with Crippen molar-refractivity contribution >= 4 is 11.9 Å². The van der Waals surface area contributed by atoms with Crippen molar-refractivity contribution in [3.8, 4) is 0 Å². The van der Waals surface area contributed by atoms with Gasteiger partial charge in [0.1, 0.15) is 6.10 Å². The molecule has 2 saturated heterocycles. The van der Waals surface area contributed by atoms with E-state index in [9.17, 15) is 18.0 Å². The maximum Gasteiger partial charge on any atom is 0.490 e. The molecular weight excluding hydrogens is 393 g/mol. The smallest absolute Gasteiger partial charge is 0.475 e. The number of hydrogen-bond acceptors (Lipinski definition) is 5. The molecule has 29 heavy (non-hydrogen) atoms. The number of carboxylic acids is 1. The van der Waals surface area contributed by atoms with Crippen LogP contribution >= 0.6 is 0 Å². The van der Waals surface area contributed by atoms with Crippen LogP contribution in [0, 0.1) is 0 Å². The predicted molar refractivity (Wildman–Crippen MR) is 94.8 cm³/mol. The van der Waals surface area contributed by atoms with Gasteiger partial charge in [-0.05, 0) is 32.1 Å². The summed E-state index contributed by atoms with van der Waals surface area (Å²) in [6.07, 6.45) is 4.06. The minimum Gasteiger partial charge on any atom is -0.475 e. The van der Waals surface area contributed by atoms with E-state index >= 15 is 0 Å². The molecule has 0 unspecified atom stereocenters. The minimum absolute atomic E-state index is 0.103. The van der Waals surface area contributed by atoms with Crippen molar-refractivity contribution in [3.63, 3.8) is 0 Å². The molecule has 0 aromatic carbocycles. The number of alkyl halides is 3. The van der Waals surface area contributed by atoms with Crippen LogP contribution in [0.25, 0.3) is 0 Å². The maximum absolute atomic E-state index is 12.2. The molecule has 1 aromatic rings. The summed E-state index contributed by atoms with van der Waals surface area (Å²) in [5.41, 5.74) is 1.25. The first-order valence-electron chi connectivity index (χ1n) is 9.61. The van der Waals surface area contributed by atoms with Crippen LogP contribution in [0.1, 0.15) is 37.7 Å². The van der Waals surface area contributed by atoms with Crippen molar-refractivity contribution in [2.24, 2.45) is 7.05 Å².